The summed E-state index contributed by atoms with van der Waals surface area (Å²) in [6.45, 7) is 4.64. The molecule has 92 valence electrons. The van der Waals surface area contributed by atoms with Gasteiger partial charge >= 0.3 is 0 Å². The SMILES string of the molecule is CCCCC(CC)(CO)Cc1ccc(Cl)s1. The minimum absolute atomic E-state index is 0.0597. The van der Waals surface area contributed by atoms with Crippen molar-refractivity contribution in [2.45, 2.75) is 46.0 Å². The van der Waals surface area contributed by atoms with Crippen LogP contribution in [0.3, 0.4) is 0 Å². The lowest BCUT2D eigenvalue weighted by Crippen LogP contribution is -2.27. The molecule has 3 heteroatoms. The molecule has 1 N–H and O–H groups in total. The fourth-order valence-electron chi connectivity index (χ4n) is 2.01. The van der Waals surface area contributed by atoms with Crippen molar-refractivity contribution in [1.29, 1.82) is 0 Å². The van der Waals surface area contributed by atoms with Gasteiger partial charge in [0.25, 0.3) is 0 Å². The Kier molecular flexibility index (Phi) is 5.81. The molecule has 0 amide bonds. The average molecular weight is 261 g/mol. The van der Waals surface area contributed by atoms with Crippen LogP contribution in [0.1, 0.15) is 44.4 Å². The Hall–Kier alpha value is -0.0500. The zero-order valence-corrected chi connectivity index (χ0v) is 11.7. The van der Waals surface area contributed by atoms with Crippen molar-refractivity contribution >= 4 is 22.9 Å². The summed E-state index contributed by atoms with van der Waals surface area (Å²) in [5, 5.41) is 9.64. The van der Waals surface area contributed by atoms with Gasteiger partial charge in [-0.1, -0.05) is 38.3 Å². The van der Waals surface area contributed by atoms with Crippen molar-refractivity contribution in [3.63, 3.8) is 0 Å². The predicted octanol–water partition coefficient (Wildman–Crippen LogP) is 4.52. The van der Waals surface area contributed by atoms with Crippen LogP contribution in [0.25, 0.3) is 0 Å². The number of hydrogen-bond donors (Lipinski definition) is 1. The maximum absolute atomic E-state index is 9.64. The molecule has 1 atom stereocenters. The zero-order valence-electron chi connectivity index (χ0n) is 10.1. The third-order valence-electron chi connectivity index (χ3n) is 3.32. The van der Waals surface area contributed by atoms with Crippen LogP contribution in [0.15, 0.2) is 12.1 Å². The van der Waals surface area contributed by atoms with Gasteiger partial charge in [0, 0.05) is 11.5 Å². The summed E-state index contributed by atoms with van der Waals surface area (Å²) in [5.74, 6) is 0. The molecule has 0 saturated heterocycles. The van der Waals surface area contributed by atoms with Gasteiger partial charge < -0.3 is 5.11 Å². The monoisotopic (exact) mass is 260 g/mol. The molecule has 0 radical (unpaired) electrons. The molecular weight excluding hydrogens is 240 g/mol. The number of rotatable bonds is 7. The van der Waals surface area contributed by atoms with Gasteiger partial charge in [0.15, 0.2) is 0 Å². The van der Waals surface area contributed by atoms with E-state index in [-0.39, 0.29) is 12.0 Å². The van der Waals surface area contributed by atoms with Gasteiger partial charge in [-0.05, 0) is 36.8 Å². The molecule has 1 rings (SSSR count). The summed E-state index contributed by atoms with van der Waals surface area (Å²) >= 11 is 7.57. The van der Waals surface area contributed by atoms with Crippen LogP contribution in [0.5, 0.6) is 0 Å². The summed E-state index contributed by atoms with van der Waals surface area (Å²) in [5.41, 5.74) is 0.0597. The fraction of sp³-hybridized carbons (Fsp3) is 0.692. The third-order valence-corrected chi connectivity index (χ3v) is 4.56. The van der Waals surface area contributed by atoms with Crippen LogP contribution < -0.4 is 0 Å². The quantitative estimate of drug-likeness (QED) is 0.764. The minimum atomic E-state index is 0.0597. The Morgan fingerprint density at radius 2 is 2.12 bits per heavy atom. The second kappa shape index (κ2) is 6.63. The highest BCUT2D eigenvalue weighted by molar-refractivity contribution is 7.16. The van der Waals surface area contributed by atoms with E-state index >= 15 is 0 Å². The van der Waals surface area contributed by atoms with Gasteiger partial charge in [0.1, 0.15) is 0 Å². The van der Waals surface area contributed by atoms with E-state index < -0.39 is 0 Å². The second-order valence-electron chi connectivity index (χ2n) is 4.50. The van der Waals surface area contributed by atoms with Crippen molar-refractivity contribution in [2.75, 3.05) is 6.61 Å². The second-order valence-corrected chi connectivity index (χ2v) is 6.30. The van der Waals surface area contributed by atoms with E-state index in [0.29, 0.717) is 0 Å². The Morgan fingerprint density at radius 1 is 1.38 bits per heavy atom. The predicted molar refractivity (Wildman–Crippen MR) is 72.4 cm³/mol. The van der Waals surface area contributed by atoms with Crippen molar-refractivity contribution in [1.82, 2.24) is 0 Å². The van der Waals surface area contributed by atoms with E-state index in [1.54, 1.807) is 11.3 Å². The lowest BCUT2D eigenvalue weighted by Gasteiger charge is -2.30. The highest BCUT2D eigenvalue weighted by atomic mass is 35.5. The molecule has 1 nitrogen and oxygen atoms in total. The standard InChI is InChI=1S/C13H21ClOS/c1-3-5-8-13(4-2,10-15)9-11-6-7-12(14)16-11/h6-7,15H,3-5,8-10H2,1-2H3. The molecule has 1 aromatic heterocycles. The summed E-state index contributed by atoms with van der Waals surface area (Å²) < 4.78 is 0.841. The molecule has 1 heterocycles. The summed E-state index contributed by atoms with van der Waals surface area (Å²) in [4.78, 5) is 1.29. The lowest BCUT2D eigenvalue weighted by atomic mass is 9.77. The molecule has 0 spiro atoms. The topological polar surface area (TPSA) is 20.2 Å². The summed E-state index contributed by atoms with van der Waals surface area (Å²) in [6.07, 6.45) is 5.46. The average Bonchev–Trinajstić information content (AvgIpc) is 2.70. The molecule has 1 unspecified atom stereocenters. The number of aliphatic hydroxyl groups excluding tert-OH is 1. The van der Waals surface area contributed by atoms with E-state index in [2.05, 4.69) is 19.9 Å². The van der Waals surface area contributed by atoms with Gasteiger partial charge in [-0.3, -0.25) is 0 Å². The van der Waals surface area contributed by atoms with Crippen LogP contribution in [0, 0.1) is 5.41 Å². The molecule has 0 aliphatic rings. The van der Waals surface area contributed by atoms with Crippen molar-refractivity contribution in [2.24, 2.45) is 5.41 Å². The Balaban J connectivity index is 2.69. The van der Waals surface area contributed by atoms with E-state index in [1.807, 2.05) is 6.07 Å². The van der Waals surface area contributed by atoms with Gasteiger partial charge in [-0.2, -0.15) is 0 Å². The fourth-order valence-corrected chi connectivity index (χ4v) is 3.27. The maximum atomic E-state index is 9.64. The largest absolute Gasteiger partial charge is 0.396 e. The summed E-state index contributed by atoms with van der Waals surface area (Å²) in [6, 6.07) is 4.03. The van der Waals surface area contributed by atoms with Crippen LogP contribution in [0.2, 0.25) is 4.34 Å². The maximum Gasteiger partial charge on any atom is 0.0931 e. The van der Waals surface area contributed by atoms with Crippen molar-refractivity contribution in [3.8, 4) is 0 Å². The third kappa shape index (κ3) is 3.76. The highest BCUT2D eigenvalue weighted by Crippen LogP contribution is 2.35. The van der Waals surface area contributed by atoms with E-state index in [9.17, 15) is 5.11 Å². The van der Waals surface area contributed by atoms with E-state index in [1.165, 1.54) is 17.7 Å². The first kappa shape index (κ1) is 14.0. The Bertz CT molecular complexity index is 305. The number of halogens is 1. The smallest absolute Gasteiger partial charge is 0.0931 e. The first-order chi connectivity index (χ1) is 7.65. The Morgan fingerprint density at radius 3 is 2.56 bits per heavy atom. The zero-order chi connectivity index (χ0) is 12.0. The van der Waals surface area contributed by atoms with Crippen molar-refractivity contribution < 1.29 is 5.11 Å². The number of hydrogen-bond acceptors (Lipinski definition) is 2. The number of aliphatic hydroxyl groups is 1. The van der Waals surface area contributed by atoms with Crippen LogP contribution >= 0.6 is 22.9 Å². The highest BCUT2D eigenvalue weighted by Gasteiger charge is 2.27. The molecular formula is C13H21ClOS. The van der Waals surface area contributed by atoms with Crippen LogP contribution in [0.4, 0.5) is 0 Å². The van der Waals surface area contributed by atoms with Crippen molar-refractivity contribution in [3.05, 3.63) is 21.3 Å². The molecule has 0 aliphatic heterocycles. The van der Waals surface area contributed by atoms with Gasteiger partial charge in [-0.25, -0.2) is 0 Å². The lowest BCUT2D eigenvalue weighted by molar-refractivity contribution is 0.108. The van der Waals surface area contributed by atoms with E-state index in [4.69, 9.17) is 11.6 Å². The molecule has 0 aliphatic carbocycles. The summed E-state index contributed by atoms with van der Waals surface area (Å²) in [7, 11) is 0. The first-order valence-corrected chi connectivity index (χ1v) is 7.20. The van der Waals surface area contributed by atoms with E-state index in [0.717, 1.165) is 23.6 Å². The van der Waals surface area contributed by atoms with Crippen LogP contribution in [-0.4, -0.2) is 11.7 Å². The molecule has 0 bridgehead atoms. The Labute approximate surface area is 107 Å². The normalized spacial score (nSPS) is 15.0. The van der Waals surface area contributed by atoms with Gasteiger partial charge in [0.05, 0.1) is 4.34 Å². The number of unbranched alkanes of at least 4 members (excludes halogenated alkanes) is 1. The first-order valence-electron chi connectivity index (χ1n) is 6.01. The molecule has 0 saturated carbocycles. The minimum Gasteiger partial charge on any atom is -0.396 e. The van der Waals surface area contributed by atoms with Gasteiger partial charge in [-0.15, -0.1) is 11.3 Å². The number of thiophene rings is 1. The molecule has 16 heavy (non-hydrogen) atoms. The molecule has 0 aromatic carbocycles. The molecule has 1 aromatic rings. The van der Waals surface area contributed by atoms with Crippen LogP contribution in [-0.2, 0) is 6.42 Å². The molecule has 0 fully saturated rings. The van der Waals surface area contributed by atoms with Gasteiger partial charge in [0.2, 0.25) is 0 Å².